The Hall–Kier alpha value is -4.91. The zero-order chi connectivity index (χ0) is 32.5. The van der Waals surface area contributed by atoms with Crippen LogP contribution in [-0.2, 0) is 25.6 Å². The predicted octanol–water partition coefficient (Wildman–Crippen LogP) is 5.16. The molecule has 0 radical (unpaired) electrons. The Balaban J connectivity index is 1.24. The molecule has 2 aromatic heterocycles. The number of carbonyl (C=O) groups is 2. The fraction of sp³-hybridized carbons (Fsp3) is 0.257. The van der Waals surface area contributed by atoms with E-state index in [0.717, 1.165) is 18.4 Å². The molecule has 4 atom stereocenters. The van der Waals surface area contributed by atoms with Crippen molar-refractivity contribution in [2.45, 2.75) is 43.9 Å². The van der Waals surface area contributed by atoms with E-state index in [1.54, 1.807) is 47.4 Å². The van der Waals surface area contributed by atoms with Gasteiger partial charge in [-0.2, -0.15) is 8.42 Å². The van der Waals surface area contributed by atoms with Crippen LogP contribution in [-0.4, -0.2) is 47.5 Å². The van der Waals surface area contributed by atoms with Crippen molar-refractivity contribution >= 4 is 39.0 Å². The van der Waals surface area contributed by atoms with Crippen LogP contribution in [0.15, 0.2) is 104 Å². The summed E-state index contributed by atoms with van der Waals surface area (Å²) >= 11 is 0. The lowest BCUT2D eigenvalue weighted by molar-refractivity contribution is 0.0149. The van der Waals surface area contributed by atoms with Crippen molar-refractivity contribution in [2.75, 3.05) is 11.5 Å². The molecule has 7 rings (SSSR count). The Kier molecular flexibility index (Phi) is 8.31. The summed E-state index contributed by atoms with van der Waals surface area (Å²) in [5, 5.41) is 5.83. The number of aryl methyl sites for hydroxylation is 1. The summed E-state index contributed by atoms with van der Waals surface area (Å²) in [6.07, 6.45) is 5.15. The Labute approximate surface area is 272 Å². The fourth-order valence-corrected chi connectivity index (χ4v) is 7.28. The first-order chi connectivity index (χ1) is 22.8. The molecule has 2 aliphatic carbocycles. The van der Waals surface area contributed by atoms with Crippen molar-refractivity contribution in [1.82, 2.24) is 14.5 Å². The van der Waals surface area contributed by atoms with Crippen molar-refractivity contribution < 1.29 is 26.9 Å². The molecular weight excluding hydrogens is 618 g/mol. The first-order valence-corrected chi connectivity index (χ1v) is 16.9. The zero-order valence-corrected chi connectivity index (χ0v) is 26.2. The van der Waals surface area contributed by atoms with Crippen LogP contribution in [0.2, 0.25) is 0 Å². The number of rotatable bonds is 9. The van der Waals surface area contributed by atoms with Gasteiger partial charge in [-0.3, -0.25) is 13.9 Å². The van der Waals surface area contributed by atoms with E-state index in [0.29, 0.717) is 40.8 Å². The highest BCUT2D eigenvalue weighted by molar-refractivity contribution is 7.84. The number of amides is 1. The van der Waals surface area contributed by atoms with E-state index in [2.05, 4.69) is 22.1 Å². The number of nitrogens with zero attached hydrogens (tertiary/aromatic N) is 4. The maximum atomic E-state index is 14.2. The highest BCUT2D eigenvalue weighted by Gasteiger charge is 2.40. The molecule has 2 aliphatic rings. The van der Waals surface area contributed by atoms with Gasteiger partial charge >= 0.3 is 16.3 Å². The molecule has 11 nitrogen and oxygen atoms in total. The first kappa shape index (κ1) is 30.7. The molecule has 0 spiro atoms. The summed E-state index contributed by atoms with van der Waals surface area (Å²) in [6.45, 7) is -0.234. The molecule has 3 aromatic carbocycles. The van der Waals surface area contributed by atoms with Crippen molar-refractivity contribution in [1.29, 1.82) is 0 Å². The number of anilines is 1. The summed E-state index contributed by atoms with van der Waals surface area (Å²) in [5.74, 6) is -0.612. The van der Waals surface area contributed by atoms with E-state index in [1.807, 2.05) is 47.2 Å². The normalized spacial score (nSPS) is 20.6. The predicted molar refractivity (Wildman–Crippen MR) is 175 cm³/mol. The van der Waals surface area contributed by atoms with Gasteiger partial charge in [-0.15, -0.1) is 0 Å². The molecule has 5 aromatic rings. The van der Waals surface area contributed by atoms with Gasteiger partial charge in [0.05, 0.1) is 23.6 Å². The average Bonchev–Trinajstić information content (AvgIpc) is 3.82. The van der Waals surface area contributed by atoms with Crippen LogP contribution in [0.3, 0.4) is 0 Å². The average molecular weight is 652 g/mol. The van der Waals surface area contributed by atoms with E-state index in [-0.39, 0.29) is 24.6 Å². The highest BCUT2D eigenvalue weighted by atomic mass is 32.2. The molecule has 47 heavy (non-hydrogen) atoms. The number of esters is 1. The van der Waals surface area contributed by atoms with Gasteiger partial charge in [0.25, 0.3) is 5.91 Å². The van der Waals surface area contributed by atoms with Gasteiger partial charge in [-0.05, 0) is 60.7 Å². The van der Waals surface area contributed by atoms with Crippen LogP contribution in [0.1, 0.15) is 63.2 Å². The summed E-state index contributed by atoms with van der Waals surface area (Å²) in [5.41, 5.74) is 3.86. The minimum absolute atomic E-state index is 0.158. The highest BCUT2D eigenvalue weighted by Crippen LogP contribution is 2.43. The molecule has 1 amide bonds. The third-order valence-corrected chi connectivity index (χ3v) is 9.55. The van der Waals surface area contributed by atoms with Gasteiger partial charge < -0.3 is 9.30 Å². The standard InChI is InChI=1S/C35H33N5O6S/c36-47(43,44)45-21-26-19-27(20-31(26)46-35(42)25-12-5-2-6-13-25)39-18-17-29-32(39)37-22-38-33(29)40(34(41)24-10-3-1-4-11-24)30-16-15-23-9-7-8-14-28(23)30/h1-14,17-18,22,26-27,30-31H,15-16,19-21H2,(H2,36,43,44)/t26-,27+,30-,31-/m0/s1. The number of aromatic nitrogens is 3. The number of nitrogens with two attached hydrogens (primary N) is 1. The van der Waals surface area contributed by atoms with Gasteiger partial charge in [0.1, 0.15) is 23.9 Å². The Morgan fingerprint density at radius 1 is 0.894 bits per heavy atom. The SMILES string of the molecule is NS(=O)(=O)OC[C@@H]1C[C@@H](n2ccc3c(N(C(=O)c4ccccc4)[C@H]4CCc5ccccc54)ncnc32)C[C@@H]1OC(=O)c1ccccc1. The van der Waals surface area contributed by atoms with E-state index < -0.39 is 28.3 Å². The smallest absolute Gasteiger partial charge is 0.338 e. The third kappa shape index (κ3) is 6.27. The van der Waals surface area contributed by atoms with E-state index in [4.69, 9.17) is 14.1 Å². The number of fused-ring (bicyclic) bond motifs is 2. The van der Waals surface area contributed by atoms with Crippen molar-refractivity contribution in [3.63, 3.8) is 0 Å². The Morgan fingerprint density at radius 2 is 1.60 bits per heavy atom. The molecule has 0 saturated heterocycles. The molecular formula is C35H33N5O6S. The molecule has 2 N–H and O–H groups in total. The molecule has 0 bridgehead atoms. The fourth-order valence-electron chi connectivity index (χ4n) is 6.92. The largest absolute Gasteiger partial charge is 0.458 e. The minimum Gasteiger partial charge on any atom is -0.458 e. The quantitative estimate of drug-likeness (QED) is 0.215. The Morgan fingerprint density at radius 3 is 2.34 bits per heavy atom. The zero-order valence-electron chi connectivity index (χ0n) is 25.4. The molecule has 0 unspecified atom stereocenters. The second-order valence-electron chi connectivity index (χ2n) is 11.9. The number of hydrogen-bond donors (Lipinski definition) is 1. The van der Waals surface area contributed by atoms with Gasteiger partial charge in [0, 0.05) is 30.1 Å². The van der Waals surface area contributed by atoms with E-state index >= 15 is 0 Å². The van der Waals surface area contributed by atoms with Gasteiger partial charge in [0.15, 0.2) is 0 Å². The molecule has 0 aliphatic heterocycles. The van der Waals surface area contributed by atoms with Crippen LogP contribution in [0, 0.1) is 5.92 Å². The molecule has 1 saturated carbocycles. The first-order valence-electron chi connectivity index (χ1n) is 15.5. The number of hydrogen-bond acceptors (Lipinski definition) is 8. The monoisotopic (exact) mass is 651 g/mol. The number of carbonyl (C=O) groups excluding carboxylic acids is 2. The van der Waals surface area contributed by atoms with Gasteiger partial charge in [-0.1, -0.05) is 60.7 Å². The lowest BCUT2D eigenvalue weighted by Gasteiger charge is -2.29. The van der Waals surface area contributed by atoms with E-state index in [9.17, 15) is 18.0 Å². The van der Waals surface area contributed by atoms with Crippen LogP contribution in [0.4, 0.5) is 5.82 Å². The van der Waals surface area contributed by atoms with Gasteiger partial charge in [0.2, 0.25) is 0 Å². The Bertz CT molecular complexity index is 2040. The van der Waals surface area contributed by atoms with Crippen LogP contribution >= 0.6 is 0 Å². The number of ether oxygens (including phenoxy) is 1. The van der Waals surface area contributed by atoms with Crippen molar-refractivity contribution in [2.24, 2.45) is 11.1 Å². The lowest BCUT2D eigenvalue weighted by atomic mass is 10.0. The minimum atomic E-state index is -4.20. The summed E-state index contributed by atoms with van der Waals surface area (Å²) in [4.78, 5) is 38.3. The third-order valence-electron chi connectivity index (χ3n) is 9.08. The summed E-state index contributed by atoms with van der Waals surface area (Å²) in [7, 11) is -4.20. The second-order valence-corrected chi connectivity index (χ2v) is 13.1. The molecule has 12 heteroatoms. The molecule has 1 fully saturated rings. The van der Waals surface area contributed by atoms with Crippen LogP contribution in [0.25, 0.3) is 11.0 Å². The second kappa shape index (κ2) is 12.7. The van der Waals surface area contributed by atoms with Crippen LogP contribution in [0.5, 0.6) is 0 Å². The number of benzene rings is 3. The molecule has 240 valence electrons. The summed E-state index contributed by atoms with van der Waals surface area (Å²) in [6, 6.07) is 27.4. The van der Waals surface area contributed by atoms with Crippen LogP contribution < -0.4 is 10.0 Å². The molecule has 2 heterocycles. The van der Waals surface area contributed by atoms with E-state index in [1.165, 1.54) is 11.9 Å². The van der Waals surface area contributed by atoms with Crippen molar-refractivity contribution in [3.8, 4) is 0 Å². The van der Waals surface area contributed by atoms with Gasteiger partial charge in [-0.25, -0.2) is 19.9 Å². The summed E-state index contributed by atoms with van der Waals surface area (Å²) < 4.78 is 36.2. The lowest BCUT2D eigenvalue weighted by Crippen LogP contribution is -2.35. The maximum Gasteiger partial charge on any atom is 0.338 e. The topological polar surface area (TPSA) is 147 Å². The maximum absolute atomic E-state index is 14.2. The van der Waals surface area contributed by atoms with Crippen molar-refractivity contribution in [3.05, 3.63) is 126 Å².